The Kier molecular flexibility index (Phi) is 3.01. The number of pyridine rings is 1. The second kappa shape index (κ2) is 4.03. The molecule has 0 spiro atoms. The van der Waals surface area contributed by atoms with E-state index in [-0.39, 0.29) is 5.78 Å². The van der Waals surface area contributed by atoms with E-state index in [2.05, 4.69) is 4.98 Å². The van der Waals surface area contributed by atoms with Gasteiger partial charge in [-0.1, -0.05) is 6.92 Å². The number of aromatic nitrogens is 1. The molecule has 0 aliphatic rings. The lowest BCUT2D eigenvalue weighted by Crippen LogP contribution is -2.09. The molecule has 0 amide bonds. The molecule has 0 aliphatic carbocycles. The summed E-state index contributed by atoms with van der Waals surface area (Å²) in [5, 5.41) is 0. The molecule has 3 heteroatoms. The highest BCUT2D eigenvalue weighted by atomic mass is 16.1. The minimum absolute atomic E-state index is 0.0882. The first kappa shape index (κ1) is 9.71. The van der Waals surface area contributed by atoms with Crippen LogP contribution in [-0.2, 0) is 0 Å². The van der Waals surface area contributed by atoms with Crippen LogP contribution in [0.2, 0.25) is 0 Å². The van der Waals surface area contributed by atoms with Gasteiger partial charge in [-0.25, -0.2) is 0 Å². The molecule has 0 radical (unpaired) electrons. The number of hydrogen-bond acceptors (Lipinski definition) is 3. The molecule has 70 valence electrons. The van der Waals surface area contributed by atoms with Gasteiger partial charge in [-0.3, -0.25) is 9.78 Å². The minimum Gasteiger partial charge on any atom is -0.376 e. The average molecular weight is 178 g/mol. The van der Waals surface area contributed by atoms with Crippen LogP contribution in [0.1, 0.15) is 23.8 Å². The lowest BCUT2D eigenvalue weighted by molar-refractivity contribution is 0.0983. The highest BCUT2D eigenvalue weighted by molar-refractivity contribution is 5.94. The van der Waals surface area contributed by atoms with Gasteiger partial charge in [0.25, 0.3) is 0 Å². The molecule has 0 saturated carbocycles. The van der Waals surface area contributed by atoms with E-state index in [9.17, 15) is 4.79 Å². The molecule has 0 saturated heterocycles. The van der Waals surface area contributed by atoms with E-state index in [1.807, 2.05) is 32.0 Å². The average Bonchev–Trinajstić information content (AvgIpc) is 2.17. The standard InChI is InChI=1S/C10H14N2O/c1-4-10(13)9-6-5-8(7-11-9)12(2)3/h5-7H,4H2,1-3H3. The second-order valence-corrected chi connectivity index (χ2v) is 3.07. The zero-order chi connectivity index (χ0) is 9.84. The summed E-state index contributed by atoms with van der Waals surface area (Å²) in [4.78, 5) is 17.2. The monoisotopic (exact) mass is 178 g/mol. The van der Waals surface area contributed by atoms with Gasteiger partial charge in [-0.2, -0.15) is 0 Å². The van der Waals surface area contributed by atoms with Crippen LogP contribution in [0, 0.1) is 0 Å². The Bertz CT molecular complexity index is 290. The summed E-state index contributed by atoms with van der Waals surface area (Å²) >= 11 is 0. The molecule has 0 atom stereocenters. The van der Waals surface area contributed by atoms with Gasteiger partial charge < -0.3 is 4.90 Å². The highest BCUT2D eigenvalue weighted by Gasteiger charge is 2.04. The maximum absolute atomic E-state index is 11.2. The van der Waals surface area contributed by atoms with Crippen molar-refractivity contribution in [2.75, 3.05) is 19.0 Å². The number of carbonyl (C=O) groups is 1. The third-order valence-corrected chi connectivity index (χ3v) is 1.87. The maximum Gasteiger partial charge on any atom is 0.180 e. The van der Waals surface area contributed by atoms with Crippen molar-refractivity contribution in [3.8, 4) is 0 Å². The molecular weight excluding hydrogens is 164 g/mol. The number of carbonyl (C=O) groups excluding carboxylic acids is 1. The Morgan fingerprint density at radius 2 is 2.15 bits per heavy atom. The second-order valence-electron chi connectivity index (χ2n) is 3.07. The van der Waals surface area contributed by atoms with Gasteiger partial charge in [-0.05, 0) is 12.1 Å². The lowest BCUT2D eigenvalue weighted by Gasteiger charge is -2.11. The molecule has 1 heterocycles. The van der Waals surface area contributed by atoms with E-state index in [1.165, 1.54) is 0 Å². The number of anilines is 1. The summed E-state index contributed by atoms with van der Waals surface area (Å²) in [5.74, 6) is 0.0882. The van der Waals surface area contributed by atoms with Gasteiger partial charge in [-0.15, -0.1) is 0 Å². The first-order valence-corrected chi connectivity index (χ1v) is 4.31. The van der Waals surface area contributed by atoms with Gasteiger partial charge in [0.1, 0.15) is 5.69 Å². The van der Waals surface area contributed by atoms with Crippen LogP contribution >= 0.6 is 0 Å². The molecular formula is C10H14N2O. The Hall–Kier alpha value is -1.38. The Labute approximate surface area is 78.4 Å². The topological polar surface area (TPSA) is 33.2 Å². The number of Topliss-reactive ketones (excluding diaryl/α,β-unsaturated/α-hetero) is 1. The molecule has 0 aromatic carbocycles. The number of nitrogens with zero attached hydrogens (tertiary/aromatic N) is 2. The molecule has 0 fully saturated rings. The van der Waals surface area contributed by atoms with Gasteiger partial charge >= 0.3 is 0 Å². The van der Waals surface area contributed by atoms with Crippen LogP contribution in [0.25, 0.3) is 0 Å². The van der Waals surface area contributed by atoms with Crippen LogP contribution in [0.3, 0.4) is 0 Å². The van der Waals surface area contributed by atoms with Gasteiger partial charge in [0.15, 0.2) is 5.78 Å². The van der Waals surface area contributed by atoms with E-state index in [0.717, 1.165) is 5.69 Å². The Morgan fingerprint density at radius 1 is 1.46 bits per heavy atom. The summed E-state index contributed by atoms with van der Waals surface area (Å²) in [6.45, 7) is 1.84. The quantitative estimate of drug-likeness (QED) is 0.661. The molecule has 3 nitrogen and oxygen atoms in total. The highest BCUT2D eigenvalue weighted by Crippen LogP contribution is 2.09. The smallest absolute Gasteiger partial charge is 0.180 e. The van der Waals surface area contributed by atoms with Gasteiger partial charge in [0.05, 0.1) is 11.9 Å². The lowest BCUT2D eigenvalue weighted by atomic mass is 10.2. The fourth-order valence-electron chi connectivity index (χ4n) is 0.997. The maximum atomic E-state index is 11.2. The van der Waals surface area contributed by atoms with E-state index in [1.54, 1.807) is 12.3 Å². The molecule has 0 bridgehead atoms. The molecule has 0 N–H and O–H groups in total. The van der Waals surface area contributed by atoms with Crippen molar-refractivity contribution in [1.29, 1.82) is 0 Å². The number of hydrogen-bond donors (Lipinski definition) is 0. The third kappa shape index (κ3) is 2.28. The normalized spacial score (nSPS) is 9.77. The Morgan fingerprint density at radius 3 is 2.54 bits per heavy atom. The summed E-state index contributed by atoms with van der Waals surface area (Å²) in [5.41, 5.74) is 1.56. The largest absolute Gasteiger partial charge is 0.376 e. The molecule has 0 aliphatic heterocycles. The van der Waals surface area contributed by atoms with Gasteiger partial charge in [0.2, 0.25) is 0 Å². The van der Waals surface area contributed by atoms with E-state index >= 15 is 0 Å². The van der Waals surface area contributed by atoms with Crippen LogP contribution in [0.5, 0.6) is 0 Å². The number of rotatable bonds is 3. The minimum atomic E-state index is 0.0882. The molecule has 1 aromatic rings. The molecule has 1 aromatic heterocycles. The zero-order valence-corrected chi connectivity index (χ0v) is 8.24. The predicted octanol–water partition coefficient (Wildman–Crippen LogP) is 1.74. The van der Waals surface area contributed by atoms with Crippen molar-refractivity contribution in [3.63, 3.8) is 0 Å². The number of ketones is 1. The summed E-state index contributed by atoms with van der Waals surface area (Å²) in [6, 6.07) is 3.66. The van der Waals surface area contributed by atoms with E-state index in [4.69, 9.17) is 0 Å². The summed E-state index contributed by atoms with van der Waals surface area (Å²) in [6.07, 6.45) is 2.22. The molecule has 0 unspecified atom stereocenters. The first-order valence-electron chi connectivity index (χ1n) is 4.31. The third-order valence-electron chi connectivity index (χ3n) is 1.87. The first-order chi connectivity index (χ1) is 6.15. The van der Waals surface area contributed by atoms with Crippen molar-refractivity contribution in [1.82, 2.24) is 4.98 Å². The van der Waals surface area contributed by atoms with Crippen molar-refractivity contribution in [2.45, 2.75) is 13.3 Å². The van der Waals surface area contributed by atoms with Crippen molar-refractivity contribution in [2.24, 2.45) is 0 Å². The zero-order valence-electron chi connectivity index (χ0n) is 8.24. The summed E-state index contributed by atoms with van der Waals surface area (Å²) < 4.78 is 0. The van der Waals surface area contributed by atoms with Crippen molar-refractivity contribution >= 4 is 11.5 Å². The molecule has 13 heavy (non-hydrogen) atoms. The van der Waals surface area contributed by atoms with E-state index in [0.29, 0.717) is 12.1 Å². The van der Waals surface area contributed by atoms with Crippen LogP contribution in [0.4, 0.5) is 5.69 Å². The fraction of sp³-hybridized carbons (Fsp3) is 0.400. The van der Waals surface area contributed by atoms with Crippen LogP contribution in [0.15, 0.2) is 18.3 Å². The summed E-state index contributed by atoms with van der Waals surface area (Å²) in [7, 11) is 3.89. The van der Waals surface area contributed by atoms with Crippen molar-refractivity contribution < 1.29 is 4.79 Å². The van der Waals surface area contributed by atoms with E-state index < -0.39 is 0 Å². The predicted molar refractivity (Wildman–Crippen MR) is 53.2 cm³/mol. The van der Waals surface area contributed by atoms with Gasteiger partial charge in [0, 0.05) is 20.5 Å². The Balaban J connectivity index is 2.87. The van der Waals surface area contributed by atoms with Crippen LogP contribution in [-0.4, -0.2) is 24.9 Å². The fourth-order valence-corrected chi connectivity index (χ4v) is 0.997. The van der Waals surface area contributed by atoms with Crippen molar-refractivity contribution in [3.05, 3.63) is 24.0 Å². The molecule has 1 rings (SSSR count). The van der Waals surface area contributed by atoms with Crippen LogP contribution < -0.4 is 4.90 Å². The SMILES string of the molecule is CCC(=O)c1ccc(N(C)C)cn1.